The van der Waals surface area contributed by atoms with Gasteiger partial charge in [-0.05, 0) is 18.9 Å². The van der Waals surface area contributed by atoms with Crippen molar-refractivity contribution in [3.8, 4) is 0 Å². The molecule has 6 nitrogen and oxygen atoms in total. The number of nitro benzene ring substituents is 1. The van der Waals surface area contributed by atoms with Gasteiger partial charge in [0.05, 0.1) is 4.92 Å². The number of rotatable bonds is 2. The zero-order chi connectivity index (χ0) is 13.0. The molecule has 2 rings (SSSR count). The molecule has 1 aromatic rings. The molecular weight excluding hydrogens is 232 g/mol. The Morgan fingerprint density at radius 3 is 3.06 bits per heavy atom. The number of nitrogens with zero attached hydrogens (tertiary/aromatic N) is 3. The van der Waals surface area contributed by atoms with Gasteiger partial charge in [-0.3, -0.25) is 15.1 Å². The molecule has 0 radical (unpaired) electrons. The predicted molar refractivity (Wildman–Crippen MR) is 70.9 cm³/mol. The molecule has 0 fully saturated rings. The van der Waals surface area contributed by atoms with Gasteiger partial charge < -0.3 is 10.2 Å². The van der Waals surface area contributed by atoms with Crippen LogP contribution in [-0.2, 0) is 0 Å². The SMILES string of the molecule is CN1CCCCN=C1Nc1cccc([N+](=O)[O-])c1. The normalized spacial score (nSPS) is 15.8. The zero-order valence-corrected chi connectivity index (χ0v) is 10.3. The first kappa shape index (κ1) is 12.3. The van der Waals surface area contributed by atoms with E-state index in [0.29, 0.717) is 5.69 Å². The molecule has 6 heteroatoms. The summed E-state index contributed by atoms with van der Waals surface area (Å²) in [6, 6.07) is 6.46. The highest BCUT2D eigenvalue weighted by Crippen LogP contribution is 2.17. The largest absolute Gasteiger partial charge is 0.346 e. The lowest BCUT2D eigenvalue weighted by atomic mass is 10.3. The Labute approximate surface area is 105 Å². The van der Waals surface area contributed by atoms with E-state index in [4.69, 9.17) is 0 Å². The summed E-state index contributed by atoms with van der Waals surface area (Å²) in [5, 5.41) is 13.8. The first-order valence-corrected chi connectivity index (χ1v) is 5.94. The Morgan fingerprint density at radius 1 is 1.44 bits per heavy atom. The van der Waals surface area contributed by atoms with Crippen LogP contribution in [0.2, 0.25) is 0 Å². The maximum atomic E-state index is 10.7. The van der Waals surface area contributed by atoms with Crippen LogP contribution >= 0.6 is 0 Å². The molecule has 1 N–H and O–H groups in total. The molecular formula is C12H16N4O2. The molecule has 96 valence electrons. The second-order valence-electron chi connectivity index (χ2n) is 4.27. The fourth-order valence-electron chi connectivity index (χ4n) is 1.83. The van der Waals surface area contributed by atoms with Gasteiger partial charge in [0.15, 0.2) is 5.96 Å². The van der Waals surface area contributed by atoms with Gasteiger partial charge in [-0.15, -0.1) is 0 Å². The van der Waals surface area contributed by atoms with Crippen molar-refractivity contribution in [1.29, 1.82) is 0 Å². The van der Waals surface area contributed by atoms with Crippen molar-refractivity contribution in [2.75, 3.05) is 25.5 Å². The zero-order valence-electron chi connectivity index (χ0n) is 10.3. The lowest BCUT2D eigenvalue weighted by Crippen LogP contribution is -2.32. The molecule has 0 spiro atoms. The third-order valence-electron chi connectivity index (χ3n) is 2.84. The number of guanidine groups is 1. The van der Waals surface area contributed by atoms with Crippen molar-refractivity contribution in [2.45, 2.75) is 12.8 Å². The van der Waals surface area contributed by atoms with Crippen molar-refractivity contribution in [3.05, 3.63) is 34.4 Å². The standard InChI is InChI=1S/C12H16N4O2/c1-15-8-3-2-7-13-12(15)14-10-5-4-6-11(9-10)16(17)18/h4-6,9H,2-3,7-8H2,1H3,(H,13,14). The number of hydrogen-bond donors (Lipinski definition) is 1. The van der Waals surface area contributed by atoms with Crippen molar-refractivity contribution in [1.82, 2.24) is 4.90 Å². The summed E-state index contributed by atoms with van der Waals surface area (Å²) in [6.45, 7) is 1.74. The van der Waals surface area contributed by atoms with E-state index in [1.165, 1.54) is 12.1 Å². The average molecular weight is 248 g/mol. The van der Waals surface area contributed by atoms with E-state index in [1.54, 1.807) is 12.1 Å². The number of benzene rings is 1. The van der Waals surface area contributed by atoms with E-state index in [0.717, 1.165) is 31.9 Å². The van der Waals surface area contributed by atoms with Crippen LogP contribution in [0.15, 0.2) is 29.3 Å². The quantitative estimate of drug-likeness (QED) is 0.642. The summed E-state index contributed by atoms with van der Waals surface area (Å²) >= 11 is 0. The van der Waals surface area contributed by atoms with Gasteiger partial charge in [-0.2, -0.15) is 0 Å². The molecule has 0 aliphatic carbocycles. The highest BCUT2D eigenvalue weighted by atomic mass is 16.6. The molecule has 18 heavy (non-hydrogen) atoms. The Balaban J connectivity index is 2.15. The van der Waals surface area contributed by atoms with Crippen LogP contribution in [0.1, 0.15) is 12.8 Å². The highest BCUT2D eigenvalue weighted by Gasteiger charge is 2.11. The van der Waals surface area contributed by atoms with Crippen LogP contribution in [0.25, 0.3) is 0 Å². The Morgan fingerprint density at radius 2 is 2.28 bits per heavy atom. The summed E-state index contributed by atoms with van der Waals surface area (Å²) in [5.41, 5.74) is 0.772. The topological polar surface area (TPSA) is 70.8 Å². The molecule has 1 aliphatic heterocycles. The molecule has 1 aliphatic rings. The first-order chi connectivity index (χ1) is 8.66. The maximum Gasteiger partial charge on any atom is 0.271 e. The van der Waals surface area contributed by atoms with E-state index in [1.807, 2.05) is 11.9 Å². The molecule has 1 aromatic carbocycles. The third-order valence-corrected chi connectivity index (χ3v) is 2.84. The number of aliphatic imine (C=N–C) groups is 1. The lowest BCUT2D eigenvalue weighted by Gasteiger charge is -2.20. The van der Waals surface area contributed by atoms with Gasteiger partial charge in [-0.1, -0.05) is 6.07 Å². The van der Waals surface area contributed by atoms with Crippen LogP contribution < -0.4 is 5.32 Å². The number of nitrogens with one attached hydrogen (secondary N) is 1. The van der Waals surface area contributed by atoms with Crippen molar-refractivity contribution >= 4 is 17.3 Å². The Kier molecular flexibility index (Phi) is 3.76. The van der Waals surface area contributed by atoms with Crippen molar-refractivity contribution in [3.63, 3.8) is 0 Å². The predicted octanol–water partition coefficient (Wildman–Crippen LogP) is 2.09. The van der Waals surface area contributed by atoms with Crippen LogP contribution in [0.5, 0.6) is 0 Å². The van der Waals surface area contributed by atoms with Gasteiger partial charge >= 0.3 is 0 Å². The molecule has 0 aromatic heterocycles. The molecule has 0 saturated carbocycles. The summed E-state index contributed by atoms with van der Waals surface area (Å²) in [5.74, 6) is 0.771. The van der Waals surface area contributed by atoms with Gasteiger partial charge in [-0.25, -0.2) is 0 Å². The van der Waals surface area contributed by atoms with Crippen LogP contribution in [-0.4, -0.2) is 35.9 Å². The second kappa shape index (κ2) is 5.48. The number of anilines is 1. The molecule has 0 amide bonds. The molecule has 0 saturated heterocycles. The smallest absolute Gasteiger partial charge is 0.271 e. The molecule has 0 atom stereocenters. The van der Waals surface area contributed by atoms with E-state index in [2.05, 4.69) is 10.3 Å². The van der Waals surface area contributed by atoms with Crippen molar-refractivity contribution in [2.24, 2.45) is 4.99 Å². The van der Waals surface area contributed by atoms with E-state index >= 15 is 0 Å². The van der Waals surface area contributed by atoms with Crippen molar-refractivity contribution < 1.29 is 4.92 Å². The summed E-state index contributed by atoms with van der Waals surface area (Å²) in [7, 11) is 1.97. The monoisotopic (exact) mass is 248 g/mol. The summed E-state index contributed by atoms with van der Waals surface area (Å²) in [6.07, 6.45) is 2.19. The van der Waals surface area contributed by atoms with Gasteiger partial charge in [0, 0.05) is 38.0 Å². The number of hydrogen-bond acceptors (Lipinski definition) is 5. The average Bonchev–Trinajstić information content (AvgIpc) is 2.55. The van der Waals surface area contributed by atoms with Gasteiger partial charge in [0.25, 0.3) is 5.69 Å². The third kappa shape index (κ3) is 2.97. The van der Waals surface area contributed by atoms with E-state index in [9.17, 15) is 10.1 Å². The number of non-ortho nitro benzene ring substituents is 1. The fraction of sp³-hybridized carbons (Fsp3) is 0.417. The highest BCUT2D eigenvalue weighted by molar-refractivity contribution is 5.93. The first-order valence-electron chi connectivity index (χ1n) is 5.94. The molecule has 1 heterocycles. The van der Waals surface area contributed by atoms with Crippen LogP contribution in [0.4, 0.5) is 11.4 Å². The lowest BCUT2D eigenvalue weighted by molar-refractivity contribution is -0.384. The fourth-order valence-corrected chi connectivity index (χ4v) is 1.83. The molecule has 0 unspecified atom stereocenters. The minimum atomic E-state index is -0.399. The Bertz CT molecular complexity index is 473. The second-order valence-corrected chi connectivity index (χ2v) is 4.27. The molecule has 0 bridgehead atoms. The summed E-state index contributed by atoms with van der Waals surface area (Å²) in [4.78, 5) is 16.8. The van der Waals surface area contributed by atoms with Gasteiger partial charge in [0.1, 0.15) is 0 Å². The summed E-state index contributed by atoms with van der Waals surface area (Å²) < 4.78 is 0. The van der Waals surface area contributed by atoms with E-state index < -0.39 is 4.92 Å². The van der Waals surface area contributed by atoms with Crippen LogP contribution in [0, 0.1) is 10.1 Å². The minimum Gasteiger partial charge on any atom is -0.346 e. The van der Waals surface area contributed by atoms with Crippen LogP contribution in [0.3, 0.4) is 0 Å². The maximum absolute atomic E-state index is 10.7. The van der Waals surface area contributed by atoms with E-state index in [-0.39, 0.29) is 5.69 Å². The minimum absolute atomic E-state index is 0.0804. The number of nitro groups is 1. The van der Waals surface area contributed by atoms with Gasteiger partial charge in [0.2, 0.25) is 0 Å². The Hall–Kier alpha value is -2.11.